The first-order valence-electron chi connectivity index (χ1n) is 7.88. The predicted octanol–water partition coefficient (Wildman–Crippen LogP) is 1.61. The number of halogens is 1. The van der Waals surface area contributed by atoms with Crippen LogP contribution >= 0.6 is 0 Å². The maximum Gasteiger partial charge on any atom is 0.335 e. The van der Waals surface area contributed by atoms with E-state index >= 15 is 0 Å². The molecule has 8 nitrogen and oxygen atoms in total. The molecule has 0 aliphatic rings. The number of nitrogens with zero attached hydrogens (tertiary/aromatic N) is 2. The molecule has 0 saturated carbocycles. The second-order valence-electron chi connectivity index (χ2n) is 5.88. The van der Waals surface area contributed by atoms with Crippen molar-refractivity contribution in [3.8, 4) is 0 Å². The first kappa shape index (κ1) is 20.5. The van der Waals surface area contributed by atoms with Crippen molar-refractivity contribution in [1.82, 2.24) is 14.9 Å². The average Bonchev–Trinajstić information content (AvgIpc) is 3.02. The maximum absolute atomic E-state index is 13.7. The van der Waals surface area contributed by atoms with Gasteiger partial charge in [-0.1, -0.05) is 17.6 Å². The molecule has 0 radical (unpaired) electrons. The lowest BCUT2D eigenvalue weighted by atomic mass is 10.2. The number of sulfonamides is 1. The fraction of sp³-hybridized carbons (Fsp3) is 0.467. The van der Waals surface area contributed by atoms with Gasteiger partial charge >= 0.3 is 5.22 Å². The van der Waals surface area contributed by atoms with E-state index in [-0.39, 0.29) is 17.3 Å². The maximum atomic E-state index is 13.7. The van der Waals surface area contributed by atoms with Crippen LogP contribution < -0.4 is 4.72 Å². The van der Waals surface area contributed by atoms with E-state index in [2.05, 4.69) is 14.9 Å². The molecule has 0 atom stereocenters. The van der Waals surface area contributed by atoms with Crippen molar-refractivity contribution in [1.29, 1.82) is 0 Å². The lowest BCUT2D eigenvalue weighted by Gasteiger charge is -2.08. The molecular weight excluding hydrogens is 385 g/mol. The number of sulfone groups is 1. The van der Waals surface area contributed by atoms with Gasteiger partial charge in [0.05, 0.1) is 0 Å². The summed E-state index contributed by atoms with van der Waals surface area (Å²) >= 11 is 0. The molecule has 0 fully saturated rings. The quantitative estimate of drug-likeness (QED) is 0.629. The molecule has 2 aromatic rings. The van der Waals surface area contributed by atoms with Crippen LogP contribution in [0.25, 0.3) is 0 Å². The minimum Gasteiger partial charge on any atom is -0.413 e. The van der Waals surface area contributed by atoms with Crippen molar-refractivity contribution in [2.75, 3.05) is 12.8 Å². The normalized spacial score (nSPS) is 12.4. The molecule has 1 aromatic carbocycles. The standard InChI is InChI=1S/C15H20FN3O5S2/c1-11-7-8-12(16)13(10-11)26(22,23)17-9-5-3-4-6-14-18-19-15(24-14)25(2,20)21/h7-8,10,17H,3-6,9H2,1-2H3. The Hall–Kier alpha value is -1.85. The predicted molar refractivity (Wildman–Crippen MR) is 91.3 cm³/mol. The lowest BCUT2D eigenvalue weighted by Crippen LogP contribution is -2.25. The van der Waals surface area contributed by atoms with Gasteiger partial charge in [0.25, 0.3) is 0 Å². The minimum atomic E-state index is -3.90. The van der Waals surface area contributed by atoms with E-state index in [1.165, 1.54) is 12.1 Å². The summed E-state index contributed by atoms with van der Waals surface area (Å²) in [4.78, 5) is -0.364. The van der Waals surface area contributed by atoms with Gasteiger partial charge in [-0.3, -0.25) is 0 Å². The van der Waals surface area contributed by atoms with E-state index in [1.807, 2.05) is 0 Å². The Bertz CT molecular complexity index is 971. The van der Waals surface area contributed by atoms with E-state index in [0.717, 1.165) is 12.3 Å². The third-order valence-electron chi connectivity index (χ3n) is 3.50. The van der Waals surface area contributed by atoms with E-state index in [4.69, 9.17) is 4.42 Å². The van der Waals surface area contributed by atoms with Crippen LogP contribution in [0, 0.1) is 12.7 Å². The Morgan fingerprint density at radius 1 is 1.12 bits per heavy atom. The molecular formula is C15H20FN3O5S2. The topological polar surface area (TPSA) is 119 Å². The number of nitrogens with one attached hydrogen (secondary N) is 1. The summed E-state index contributed by atoms with van der Waals surface area (Å²) in [5, 5.41) is 6.68. The highest BCUT2D eigenvalue weighted by Gasteiger charge is 2.19. The molecule has 0 aliphatic heterocycles. The van der Waals surface area contributed by atoms with Crippen LogP contribution in [0.5, 0.6) is 0 Å². The molecule has 1 heterocycles. The number of hydrogen-bond donors (Lipinski definition) is 1. The molecule has 0 spiro atoms. The molecule has 0 aliphatic carbocycles. The van der Waals surface area contributed by atoms with Crippen LogP contribution in [0.2, 0.25) is 0 Å². The lowest BCUT2D eigenvalue weighted by molar-refractivity contribution is 0.392. The van der Waals surface area contributed by atoms with Gasteiger partial charge in [0.15, 0.2) is 0 Å². The summed E-state index contributed by atoms with van der Waals surface area (Å²) in [6.07, 6.45) is 3.16. The van der Waals surface area contributed by atoms with Crippen LogP contribution in [-0.2, 0) is 26.3 Å². The fourth-order valence-corrected chi connectivity index (χ4v) is 3.84. The molecule has 26 heavy (non-hydrogen) atoms. The summed E-state index contributed by atoms with van der Waals surface area (Å²) in [5.74, 6) is -0.575. The zero-order chi connectivity index (χ0) is 19.4. The zero-order valence-corrected chi connectivity index (χ0v) is 16.0. The first-order chi connectivity index (χ1) is 12.1. The molecule has 0 unspecified atom stereocenters. The van der Waals surface area contributed by atoms with Crippen molar-refractivity contribution < 1.29 is 25.6 Å². The monoisotopic (exact) mass is 405 g/mol. The molecule has 144 valence electrons. The highest BCUT2D eigenvalue weighted by molar-refractivity contribution is 7.90. The molecule has 0 amide bonds. The number of aromatic nitrogens is 2. The van der Waals surface area contributed by atoms with E-state index in [1.54, 1.807) is 6.92 Å². The highest BCUT2D eigenvalue weighted by atomic mass is 32.2. The summed E-state index contributed by atoms with van der Waals surface area (Å²) in [6.45, 7) is 1.85. The zero-order valence-electron chi connectivity index (χ0n) is 14.4. The van der Waals surface area contributed by atoms with Gasteiger partial charge in [-0.15, -0.1) is 5.10 Å². The molecule has 1 aromatic heterocycles. The Morgan fingerprint density at radius 3 is 2.50 bits per heavy atom. The second kappa shape index (κ2) is 8.23. The van der Waals surface area contributed by atoms with E-state index in [0.29, 0.717) is 31.2 Å². The van der Waals surface area contributed by atoms with Crippen molar-refractivity contribution in [2.45, 2.75) is 42.7 Å². The van der Waals surface area contributed by atoms with Crippen LogP contribution in [-0.4, -0.2) is 39.8 Å². The summed E-state index contributed by atoms with van der Waals surface area (Å²) in [7, 11) is -7.42. The van der Waals surface area contributed by atoms with Crippen molar-refractivity contribution in [3.05, 3.63) is 35.5 Å². The Labute approximate surface area is 151 Å². The highest BCUT2D eigenvalue weighted by Crippen LogP contribution is 2.16. The fourth-order valence-electron chi connectivity index (χ4n) is 2.17. The van der Waals surface area contributed by atoms with E-state index in [9.17, 15) is 21.2 Å². The van der Waals surface area contributed by atoms with Crippen LogP contribution in [0.3, 0.4) is 0 Å². The van der Waals surface area contributed by atoms with Crippen LogP contribution in [0.15, 0.2) is 32.7 Å². The smallest absolute Gasteiger partial charge is 0.335 e. The molecule has 2 rings (SSSR count). The van der Waals surface area contributed by atoms with Crippen molar-refractivity contribution in [3.63, 3.8) is 0 Å². The number of aryl methyl sites for hydroxylation is 2. The van der Waals surface area contributed by atoms with Gasteiger partial charge in [0, 0.05) is 19.2 Å². The third kappa shape index (κ3) is 5.58. The molecule has 0 bridgehead atoms. The van der Waals surface area contributed by atoms with Crippen LogP contribution in [0.4, 0.5) is 4.39 Å². The van der Waals surface area contributed by atoms with Gasteiger partial charge in [-0.2, -0.15) is 0 Å². The van der Waals surface area contributed by atoms with Crippen LogP contribution in [0.1, 0.15) is 30.7 Å². The largest absolute Gasteiger partial charge is 0.413 e. The van der Waals surface area contributed by atoms with Gasteiger partial charge in [0.2, 0.25) is 25.8 Å². The summed E-state index contributed by atoms with van der Waals surface area (Å²) < 4.78 is 67.8. The van der Waals surface area contributed by atoms with Crippen molar-refractivity contribution >= 4 is 19.9 Å². The van der Waals surface area contributed by atoms with Gasteiger partial charge < -0.3 is 4.42 Å². The second-order valence-corrected chi connectivity index (χ2v) is 9.51. The summed E-state index contributed by atoms with van der Waals surface area (Å²) in [6, 6.07) is 3.91. The molecule has 1 N–H and O–H groups in total. The molecule has 11 heteroatoms. The Morgan fingerprint density at radius 2 is 1.85 bits per heavy atom. The van der Waals surface area contributed by atoms with Gasteiger partial charge in [-0.05, 0) is 37.5 Å². The number of rotatable bonds is 9. The SMILES string of the molecule is Cc1ccc(F)c(S(=O)(=O)NCCCCCc2nnc(S(C)(=O)=O)o2)c1. The third-order valence-corrected chi connectivity index (χ3v) is 5.78. The molecule has 0 saturated heterocycles. The first-order valence-corrected chi connectivity index (χ1v) is 11.3. The number of benzene rings is 1. The average molecular weight is 405 g/mol. The summed E-state index contributed by atoms with van der Waals surface area (Å²) in [5.41, 5.74) is 0.653. The number of hydrogen-bond acceptors (Lipinski definition) is 7. The van der Waals surface area contributed by atoms with Gasteiger partial charge in [0.1, 0.15) is 10.7 Å². The Balaban J connectivity index is 1.77. The van der Waals surface area contributed by atoms with E-state index < -0.39 is 30.9 Å². The Kier molecular flexibility index (Phi) is 6.48. The van der Waals surface area contributed by atoms with Gasteiger partial charge in [-0.25, -0.2) is 25.9 Å². The minimum absolute atomic E-state index is 0.161. The number of unbranched alkanes of at least 4 members (excludes halogenated alkanes) is 2. The van der Waals surface area contributed by atoms with Crippen molar-refractivity contribution in [2.24, 2.45) is 0 Å².